The predicted octanol–water partition coefficient (Wildman–Crippen LogP) is 0.855. The number of carbonyl (C=O) groups is 3. The number of aliphatic hydroxyl groups is 1. The van der Waals surface area contributed by atoms with Gasteiger partial charge in [-0.2, -0.15) is 0 Å². The number of aliphatic hydroxyl groups excluding tert-OH is 1. The lowest BCUT2D eigenvalue weighted by Gasteiger charge is -2.38. The largest absolute Gasteiger partial charge is 0.394 e. The summed E-state index contributed by atoms with van der Waals surface area (Å²) in [6, 6.07) is 7.67. The van der Waals surface area contributed by atoms with E-state index in [1.165, 1.54) is 4.90 Å². The van der Waals surface area contributed by atoms with E-state index < -0.39 is 35.1 Å². The molecule has 10 nitrogen and oxygen atoms in total. The smallest absolute Gasteiger partial charge is 0.245 e. The summed E-state index contributed by atoms with van der Waals surface area (Å²) in [6.45, 7) is 9.54. The summed E-state index contributed by atoms with van der Waals surface area (Å²) in [7, 11) is 0. The van der Waals surface area contributed by atoms with Gasteiger partial charge in [-0.1, -0.05) is 32.0 Å². The summed E-state index contributed by atoms with van der Waals surface area (Å²) in [5.74, 6) is -2.49. The SMILES string of the molecule is CC(C)[C@H](CO)N1C(=O)[C@@H]2[C@H](C(=O)Nc3ccccc3)[C@]3(C)CCC2(O3)C1C(=O)NCCN1CCOCC1. The highest BCUT2D eigenvalue weighted by Crippen LogP contribution is 2.63. The van der Waals surface area contributed by atoms with E-state index in [0.717, 1.165) is 13.1 Å². The van der Waals surface area contributed by atoms with Crippen molar-refractivity contribution in [3.8, 4) is 0 Å². The van der Waals surface area contributed by atoms with Crippen molar-refractivity contribution in [2.24, 2.45) is 17.8 Å². The van der Waals surface area contributed by atoms with Crippen LogP contribution in [0.2, 0.25) is 0 Å². The summed E-state index contributed by atoms with van der Waals surface area (Å²) < 4.78 is 12.1. The first-order valence-corrected chi connectivity index (χ1v) is 13.8. The van der Waals surface area contributed by atoms with E-state index in [9.17, 15) is 19.5 Å². The Kier molecular flexibility index (Phi) is 7.52. The molecule has 3 N–H and O–H groups in total. The van der Waals surface area contributed by atoms with E-state index in [1.54, 1.807) is 12.1 Å². The number of amides is 3. The van der Waals surface area contributed by atoms with E-state index in [4.69, 9.17) is 9.47 Å². The Morgan fingerprint density at radius 2 is 1.84 bits per heavy atom. The highest BCUT2D eigenvalue weighted by molar-refractivity contribution is 6.02. The molecule has 1 spiro atoms. The number of anilines is 1. The average Bonchev–Trinajstić information content (AvgIpc) is 3.46. The molecule has 0 saturated carbocycles. The van der Waals surface area contributed by atoms with Crippen molar-refractivity contribution in [1.82, 2.24) is 15.1 Å². The third-order valence-corrected chi connectivity index (χ3v) is 8.93. The molecule has 10 heteroatoms. The number of nitrogens with one attached hydrogen (secondary N) is 2. The zero-order valence-corrected chi connectivity index (χ0v) is 22.5. The lowest BCUT2D eigenvalue weighted by Crippen LogP contribution is -2.59. The molecule has 0 aliphatic carbocycles. The van der Waals surface area contributed by atoms with E-state index in [-0.39, 0.29) is 30.2 Å². The predicted molar refractivity (Wildman–Crippen MR) is 140 cm³/mol. The van der Waals surface area contributed by atoms with E-state index in [1.807, 2.05) is 39.0 Å². The molecule has 4 fully saturated rings. The van der Waals surface area contributed by atoms with Crippen LogP contribution in [0.3, 0.4) is 0 Å². The molecular formula is C28H40N4O6. The van der Waals surface area contributed by atoms with Crippen molar-refractivity contribution in [2.75, 3.05) is 51.3 Å². The molecule has 1 aromatic rings. The van der Waals surface area contributed by atoms with Gasteiger partial charge in [0.15, 0.2) is 0 Å². The standard InChI is InChI=1S/C28H40N4O6/c1-18(2)20(17-33)32-23(25(35)29-11-12-31-13-15-37-16-14-31)28-10-9-27(3,38-28)21(22(28)26(32)36)24(34)30-19-7-5-4-6-8-19/h4-8,18,20-23,33H,9-17H2,1-3H3,(H,29,35)(H,30,34)/t20-,21+,22-,23?,27-,28?/m0/s1. The summed E-state index contributed by atoms with van der Waals surface area (Å²) >= 11 is 0. The molecule has 0 radical (unpaired) electrons. The number of hydrogen-bond acceptors (Lipinski definition) is 7. The first kappa shape index (κ1) is 27.1. The van der Waals surface area contributed by atoms with Gasteiger partial charge in [-0.3, -0.25) is 19.3 Å². The molecule has 4 heterocycles. The van der Waals surface area contributed by atoms with Crippen LogP contribution >= 0.6 is 0 Å². The van der Waals surface area contributed by atoms with Crippen LogP contribution in [-0.2, 0) is 23.9 Å². The van der Waals surface area contributed by atoms with Crippen molar-refractivity contribution in [1.29, 1.82) is 0 Å². The highest BCUT2D eigenvalue weighted by Gasteiger charge is 2.78. The van der Waals surface area contributed by atoms with Gasteiger partial charge in [0.05, 0.1) is 43.3 Å². The number of ether oxygens (including phenoxy) is 2. The van der Waals surface area contributed by atoms with Crippen molar-refractivity contribution in [3.63, 3.8) is 0 Å². The van der Waals surface area contributed by atoms with E-state index in [2.05, 4.69) is 15.5 Å². The first-order valence-electron chi connectivity index (χ1n) is 13.8. The van der Waals surface area contributed by atoms with Gasteiger partial charge in [0.25, 0.3) is 0 Å². The van der Waals surface area contributed by atoms with Crippen LogP contribution in [0, 0.1) is 17.8 Å². The number of hydrogen-bond donors (Lipinski definition) is 3. The maximum Gasteiger partial charge on any atom is 0.245 e. The maximum absolute atomic E-state index is 14.2. The van der Waals surface area contributed by atoms with Crippen molar-refractivity contribution in [2.45, 2.75) is 56.9 Å². The molecule has 3 amide bonds. The fraction of sp³-hybridized carbons (Fsp3) is 0.679. The topological polar surface area (TPSA) is 120 Å². The number of fused-ring (bicyclic) bond motifs is 1. The van der Waals surface area contributed by atoms with Gasteiger partial charge in [-0.25, -0.2) is 0 Å². The maximum atomic E-state index is 14.2. The third-order valence-electron chi connectivity index (χ3n) is 8.93. The number of nitrogens with zero attached hydrogens (tertiary/aromatic N) is 2. The average molecular weight is 529 g/mol. The number of carbonyl (C=O) groups excluding carboxylic acids is 3. The van der Waals surface area contributed by atoms with Crippen molar-refractivity contribution < 1.29 is 29.0 Å². The molecule has 4 saturated heterocycles. The molecule has 2 unspecified atom stereocenters. The Morgan fingerprint density at radius 1 is 1.13 bits per heavy atom. The van der Waals surface area contributed by atoms with E-state index in [0.29, 0.717) is 44.8 Å². The van der Waals surface area contributed by atoms with Gasteiger partial charge >= 0.3 is 0 Å². The third kappa shape index (κ3) is 4.51. The lowest BCUT2D eigenvalue weighted by atomic mass is 9.66. The van der Waals surface area contributed by atoms with Crippen LogP contribution in [0.25, 0.3) is 0 Å². The van der Waals surface area contributed by atoms with Gasteiger partial charge in [0.2, 0.25) is 17.7 Å². The molecule has 2 bridgehead atoms. The van der Waals surface area contributed by atoms with Gasteiger partial charge in [0, 0.05) is 31.9 Å². The highest BCUT2D eigenvalue weighted by atomic mass is 16.5. The van der Waals surface area contributed by atoms with Crippen LogP contribution in [-0.4, -0.2) is 102 Å². The fourth-order valence-corrected chi connectivity index (χ4v) is 7.04. The second-order valence-corrected chi connectivity index (χ2v) is 11.6. The Bertz CT molecular complexity index is 1050. The molecular weight excluding hydrogens is 488 g/mol. The van der Waals surface area contributed by atoms with Crippen LogP contribution < -0.4 is 10.6 Å². The second kappa shape index (κ2) is 10.6. The Labute approximate surface area is 224 Å². The number of rotatable bonds is 9. The molecule has 0 aromatic heterocycles. The lowest BCUT2D eigenvalue weighted by molar-refractivity contribution is -0.150. The molecule has 4 aliphatic heterocycles. The van der Waals surface area contributed by atoms with Gasteiger partial charge < -0.3 is 30.1 Å². The summed E-state index contributed by atoms with van der Waals surface area (Å²) in [5, 5.41) is 16.3. The number of morpholine rings is 1. The molecule has 208 valence electrons. The molecule has 1 aromatic carbocycles. The van der Waals surface area contributed by atoms with Crippen molar-refractivity contribution in [3.05, 3.63) is 30.3 Å². The van der Waals surface area contributed by atoms with Gasteiger partial charge in [0.1, 0.15) is 11.6 Å². The minimum absolute atomic E-state index is 0.0905. The normalized spacial score (nSPS) is 33.4. The van der Waals surface area contributed by atoms with Gasteiger partial charge in [-0.05, 0) is 37.8 Å². The zero-order valence-electron chi connectivity index (χ0n) is 22.5. The van der Waals surface area contributed by atoms with Gasteiger partial charge in [-0.15, -0.1) is 0 Å². The zero-order chi connectivity index (χ0) is 27.1. The molecule has 38 heavy (non-hydrogen) atoms. The van der Waals surface area contributed by atoms with Crippen LogP contribution in [0.4, 0.5) is 5.69 Å². The minimum atomic E-state index is -1.12. The van der Waals surface area contributed by atoms with Crippen LogP contribution in [0.1, 0.15) is 33.6 Å². The Morgan fingerprint density at radius 3 is 2.50 bits per heavy atom. The minimum Gasteiger partial charge on any atom is -0.394 e. The summed E-state index contributed by atoms with van der Waals surface area (Å²) in [6.07, 6.45) is 1.07. The molecule has 5 rings (SSSR count). The van der Waals surface area contributed by atoms with E-state index >= 15 is 0 Å². The van der Waals surface area contributed by atoms with Crippen molar-refractivity contribution >= 4 is 23.4 Å². The first-order chi connectivity index (χ1) is 18.2. The molecule has 6 atom stereocenters. The quantitative estimate of drug-likeness (QED) is 0.435. The number of likely N-dealkylation sites (tertiary alicyclic amines) is 1. The Balaban J connectivity index is 1.43. The summed E-state index contributed by atoms with van der Waals surface area (Å²) in [4.78, 5) is 45.5. The molecule has 4 aliphatic rings. The second-order valence-electron chi connectivity index (χ2n) is 11.6. The fourth-order valence-electron chi connectivity index (χ4n) is 7.04. The summed E-state index contributed by atoms with van der Waals surface area (Å²) in [5.41, 5.74) is -1.33. The number of para-hydroxylation sites is 1. The monoisotopic (exact) mass is 528 g/mol. The Hall–Kier alpha value is -2.53. The van der Waals surface area contributed by atoms with Crippen LogP contribution in [0.5, 0.6) is 0 Å². The van der Waals surface area contributed by atoms with Crippen LogP contribution in [0.15, 0.2) is 30.3 Å². The number of benzene rings is 1.